The third kappa shape index (κ3) is 3.60. The lowest BCUT2D eigenvalue weighted by molar-refractivity contribution is 0.213. The van der Waals surface area contributed by atoms with Crippen LogP contribution in [0.1, 0.15) is 17.2 Å². The van der Waals surface area contributed by atoms with Crippen molar-refractivity contribution in [2.24, 2.45) is 0 Å². The Morgan fingerprint density at radius 3 is 2.16 bits per heavy atom. The van der Waals surface area contributed by atoms with Gasteiger partial charge in [-0.15, -0.1) is 0 Å². The Morgan fingerprint density at radius 1 is 1.00 bits per heavy atom. The molecule has 0 fully saturated rings. The molecule has 0 spiro atoms. The third-order valence-corrected chi connectivity index (χ3v) is 2.94. The summed E-state index contributed by atoms with van der Waals surface area (Å²) in [7, 11) is -4.70. The summed E-state index contributed by atoms with van der Waals surface area (Å²) >= 11 is 0. The summed E-state index contributed by atoms with van der Waals surface area (Å²) in [6.45, 7) is 0. The second-order valence-electron chi connectivity index (χ2n) is 3.84. The van der Waals surface area contributed by atoms with Crippen molar-refractivity contribution in [1.82, 2.24) is 0 Å². The second-order valence-corrected chi connectivity index (χ2v) is 4.88. The predicted octanol–water partition coefficient (Wildman–Crippen LogP) is 2.73. The summed E-state index contributed by atoms with van der Waals surface area (Å²) in [5.74, 6) is -0.611. The second kappa shape index (κ2) is 5.48. The lowest BCUT2D eigenvalue weighted by atomic mass is 10.0. The predicted molar refractivity (Wildman–Crippen MR) is 67.3 cm³/mol. The highest BCUT2D eigenvalue weighted by atomic mass is 32.3. The molecular formula is C13H11FO4S. The van der Waals surface area contributed by atoms with E-state index in [4.69, 9.17) is 4.55 Å². The summed E-state index contributed by atoms with van der Waals surface area (Å²) < 4.78 is 49.0. The zero-order valence-corrected chi connectivity index (χ0v) is 10.5. The van der Waals surface area contributed by atoms with Crippen LogP contribution in [-0.4, -0.2) is 13.0 Å². The summed E-state index contributed by atoms with van der Waals surface area (Å²) in [6, 6.07) is 13.9. The van der Waals surface area contributed by atoms with Crippen LogP contribution in [0.15, 0.2) is 54.6 Å². The van der Waals surface area contributed by atoms with Crippen molar-refractivity contribution in [2.75, 3.05) is 0 Å². The zero-order valence-electron chi connectivity index (χ0n) is 9.73. The van der Waals surface area contributed by atoms with Crippen molar-refractivity contribution in [2.45, 2.75) is 6.10 Å². The number of benzene rings is 2. The summed E-state index contributed by atoms with van der Waals surface area (Å²) in [4.78, 5) is 0. The average molecular weight is 282 g/mol. The molecular weight excluding hydrogens is 271 g/mol. The molecule has 0 radical (unpaired) electrons. The van der Waals surface area contributed by atoms with Gasteiger partial charge in [-0.3, -0.25) is 4.55 Å². The molecule has 0 saturated carbocycles. The van der Waals surface area contributed by atoms with E-state index in [1.165, 1.54) is 18.2 Å². The minimum absolute atomic E-state index is 0.0336. The molecule has 0 aromatic heterocycles. The summed E-state index contributed by atoms with van der Waals surface area (Å²) in [5, 5.41) is 0. The maximum absolute atomic E-state index is 13.7. The van der Waals surface area contributed by atoms with Crippen molar-refractivity contribution in [3.63, 3.8) is 0 Å². The average Bonchev–Trinajstić information content (AvgIpc) is 2.37. The van der Waals surface area contributed by atoms with Gasteiger partial charge < -0.3 is 0 Å². The lowest BCUT2D eigenvalue weighted by Crippen LogP contribution is -2.13. The fraction of sp³-hybridized carbons (Fsp3) is 0.0769. The molecule has 0 aliphatic rings. The maximum Gasteiger partial charge on any atom is 0.398 e. The first-order valence-electron chi connectivity index (χ1n) is 5.42. The van der Waals surface area contributed by atoms with E-state index in [2.05, 4.69) is 4.18 Å². The Morgan fingerprint density at radius 2 is 1.58 bits per heavy atom. The highest BCUT2D eigenvalue weighted by Crippen LogP contribution is 2.29. The van der Waals surface area contributed by atoms with Gasteiger partial charge in [-0.1, -0.05) is 48.5 Å². The highest BCUT2D eigenvalue weighted by Gasteiger charge is 2.23. The van der Waals surface area contributed by atoms with Crippen LogP contribution >= 0.6 is 0 Å². The number of hydrogen-bond donors (Lipinski definition) is 1. The fourth-order valence-electron chi connectivity index (χ4n) is 1.72. The summed E-state index contributed by atoms with van der Waals surface area (Å²) in [6.07, 6.45) is -1.22. The molecule has 6 heteroatoms. The van der Waals surface area contributed by atoms with E-state index in [0.717, 1.165) is 0 Å². The van der Waals surface area contributed by atoms with Crippen molar-refractivity contribution < 1.29 is 21.5 Å². The van der Waals surface area contributed by atoms with Crippen LogP contribution < -0.4 is 0 Å². The molecule has 0 heterocycles. The van der Waals surface area contributed by atoms with Gasteiger partial charge in [0.25, 0.3) is 0 Å². The summed E-state index contributed by atoms with van der Waals surface area (Å²) in [5.41, 5.74) is 0.455. The normalized spacial score (nSPS) is 13.2. The Bertz CT molecular complexity index is 655. The fourth-order valence-corrected chi connectivity index (χ4v) is 2.18. The van der Waals surface area contributed by atoms with E-state index in [-0.39, 0.29) is 5.56 Å². The van der Waals surface area contributed by atoms with Gasteiger partial charge in [0.05, 0.1) is 0 Å². The van der Waals surface area contributed by atoms with Gasteiger partial charge in [0.1, 0.15) is 11.9 Å². The molecule has 0 bridgehead atoms. The van der Waals surface area contributed by atoms with Gasteiger partial charge in [0, 0.05) is 5.56 Å². The quantitative estimate of drug-likeness (QED) is 0.876. The van der Waals surface area contributed by atoms with Crippen molar-refractivity contribution in [3.05, 3.63) is 71.5 Å². The Labute approximate surface area is 110 Å². The first-order chi connectivity index (χ1) is 8.97. The number of halogens is 1. The van der Waals surface area contributed by atoms with Crippen LogP contribution in [0, 0.1) is 5.82 Å². The van der Waals surface area contributed by atoms with E-state index in [0.29, 0.717) is 5.56 Å². The van der Waals surface area contributed by atoms with E-state index >= 15 is 0 Å². The molecule has 0 amide bonds. The molecule has 19 heavy (non-hydrogen) atoms. The minimum Gasteiger partial charge on any atom is -0.264 e. The van der Waals surface area contributed by atoms with Crippen LogP contribution in [0.4, 0.5) is 4.39 Å². The highest BCUT2D eigenvalue weighted by molar-refractivity contribution is 7.80. The molecule has 1 N–H and O–H groups in total. The smallest absolute Gasteiger partial charge is 0.264 e. The topological polar surface area (TPSA) is 63.6 Å². The van der Waals surface area contributed by atoms with Gasteiger partial charge in [0.15, 0.2) is 0 Å². The molecule has 0 aliphatic heterocycles. The van der Waals surface area contributed by atoms with E-state index in [9.17, 15) is 12.8 Å². The maximum atomic E-state index is 13.7. The van der Waals surface area contributed by atoms with Gasteiger partial charge >= 0.3 is 10.4 Å². The Hall–Kier alpha value is -1.76. The van der Waals surface area contributed by atoms with Crippen molar-refractivity contribution in [1.29, 1.82) is 0 Å². The number of hydrogen-bond acceptors (Lipinski definition) is 3. The van der Waals surface area contributed by atoms with Crippen LogP contribution in [0.2, 0.25) is 0 Å². The zero-order chi connectivity index (χ0) is 13.9. The molecule has 2 aromatic rings. The standard InChI is InChI=1S/C13H11FO4S/c14-12-9-5-4-8-11(12)13(18-19(15,16)17)10-6-2-1-3-7-10/h1-9,13H,(H,15,16,17). The molecule has 1 atom stereocenters. The molecule has 2 aromatic carbocycles. The van der Waals surface area contributed by atoms with Crippen LogP contribution in [-0.2, 0) is 14.6 Å². The lowest BCUT2D eigenvalue weighted by Gasteiger charge is -2.16. The van der Waals surface area contributed by atoms with Gasteiger partial charge in [0.2, 0.25) is 0 Å². The van der Waals surface area contributed by atoms with Crippen molar-refractivity contribution >= 4 is 10.4 Å². The monoisotopic (exact) mass is 282 g/mol. The molecule has 0 saturated heterocycles. The van der Waals surface area contributed by atoms with E-state index in [1.54, 1.807) is 36.4 Å². The Balaban J connectivity index is 2.50. The first kappa shape index (κ1) is 13.7. The third-order valence-electron chi connectivity index (χ3n) is 2.51. The molecule has 4 nitrogen and oxygen atoms in total. The van der Waals surface area contributed by atoms with Crippen LogP contribution in [0.25, 0.3) is 0 Å². The molecule has 1 unspecified atom stereocenters. The first-order valence-corrected chi connectivity index (χ1v) is 6.79. The van der Waals surface area contributed by atoms with Crippen molar-refractivity contribution in [3.8, 4) is 0 Å². The minimum atomic E-state index is -4.70. The molecule has 2 rings (SSSR count). The molecule has 0 aliphatic carbocycles. The van der Waals surface area contributed by atoms with Crippen LogP contribution in [0.5, 0.6) is 0 Å². The SMILES string of the molecule is O=S(=O)(O)OC(c1ccccc1)c1ccccc1F. The van der Waals surface area contributed by atoms with Gasteiger partial charge in [-0.25, -0.2) is 8.57 Å². The van der Waals surface area contributed by atoms with E-state index < -0.39 is 22.3 Å². The Kier molecular flexibility index (Phi) is 3.94. The van der Waals surface area contributed by atoms with Gasteiger partial charge in [-0.2, -0.15) is 8.42 Å². The van der Waals surface area contributed by atoms with E-state index in [1.807, 2.05) is 0 Å². The number of rotatable bonds is 4. The van der Waals surface area contributed by atoms with Gasteiger partial charge in [-0.05, 0) is 11.6 Å². The van der Waals surface area contributed by atoms with Crippen LogP contribution in [0.3, 0.4) is 0 Å². The molecule has 100 valence electrons. The largest absolute Gasteiger partial charge is 0.398 e.